The minimum Gasteiger partial charge on any atom is -0.462 e. The van der Waals surface area contributed by atoms with Gasteiger partial charge in [-0.05, 0) is 37.1 Å². The summed E-state index contributed by atoms with van der Waals surface area (Å²) in [6.07, 6.45) is 0.773. The Labute approximate surface area is 162 Å². The van der Waals surface area contributed by atoms with E-state index in [4.69, 9.17) is 14.3 Å². The summed E-state index contributed by atoms with van der Waals surface area (Å²) in [7, 11) is -3.79. The van der Waals surface area contributed by atoms with Crippen molar-refractivity contribution in [3.8, 4) is 0 Å². The SMILES string of the molecule is CCOC(=O)c1c(CN2CCc3ccc(S(N)(=O)=O)cc32)oc2ccccc12. The number of benzene rings is 2. The number of carbonyl (C=O) groups is 1. The first kappa shape index (κ1) is 18.5. The molecular formula is C20H20N2O5S. The zero-order chi connectivity index (χ0) is 19.9. The molecule has 0 atom stereocenters. The molecule has 0 saturated heterocycles. The number of sulfonamides is 1. The van der Waals surface area contributed by atoms with Gasteiger partial charge in [-0.15, -0.1) is 0 Å². The van der Waals surface area contributed by atoms with Gasteiger partial charge in [0.2, 0.25) is 10.0 Å². The number of primary sulfonamides is 1. The maximum atomic E-state index is 12.5. The molecule has 0 radical (unpaired) electrons. The molecule has 4 rings (SSSR count). The van der Waals surface area contributed by atoms with Crippen LogP contribution in [0.3, 0.4) is 0 Å². The standard InChI is InChI=1S/C20H20N2O5S/c1-2-26-20(23)19-15-5-3-4-6-17(15)27-18(19)12-22-10-9-13-7-8-14(11-16(13)22)28(21,24)25/h3-8,11H,2,9-10,12H2,1H3,(H2,21,24,25). The highest BCUT2D eigenvalue weighted by Gasteiger charge is 2.27. The van der Waals surface area contributed by atoms with Crippen LogP contribution >= 0.6 is 0 Å². The molecule has 1 aromatic heterocycles. The summed E-state index contributed by atoms with van der Waals surface area (Å²) in [5.74, 6) is 0.0636. The van der Waals surface area contributed by atoms with Gasteiger partial charge in [0.15, 0.2) is 0 Å². The normalized spacial score (nSPS) is 13.7. The predicted molar refractivity (Wildman–Crippen MR) is 105 cm³/mol. The summed E-state index contributed by atoms with van der Waals surface area (Å²) in [6, 6.07) is 12.2. The topological polar surface area (TPSA) is 103 Å². The molecule has 7 nitrogen and oxygen atoms in total. The maximum Gasteiger partial charge on any atom is 0.342 e. The summed E-state index contributed by atoms with van der Waals surface area (Å²) in [4.78, 5) is 14.6. The van der Waals surface area contributed by atoms with Crippen LogP contribution in [0.5, 0.6) is 0 Å². The number of esters is 1. The van der Waals surface area contributed by atoms with Crippen LogP contribution in [0, 0.1) is 0 Å². The van der Waals surface area contributed by atoms with Crippen molar-refractivity contribution in [3.05, 3.63) is 59.4 Å². The largest absolute Gasteiger partial charge is 0.462 e. The molecule has 1 aliphatic rings. The lowest BCUT2D eigenvalue weighted by Crippen LogP contribution is -2.21. The first-order chi connectivity index (χ1) is 13.4. The molecule has 3 aromatic rings. The Bertz CT molecular complexity index is 1170. The zero-order valence-electron chi connectivity index (χ0n) is 15.3. The van der Waals surface area contributed by atoms with E-state index in [9.17, 15) is 13.2 Å². The molecule has 0 saturated carbocycles. The van der Waals surface area contributed by atoms with Gasteiger partial charge in [0.1, 0.15) is 16.9 Å². The fourth-order valence-corrected chi connectivity index (χ4v) is 4.11. The second-order valence-corrected chi connectivity index (χ2v) is 8.19. The monoisotopic (exact) mass is 400 g/mol. The van der Waals surface area contributed by atoms with Gasteiger partial charge >= 0.3 is 5.97 Å². The van der Waals surface area contributed by atoms with E-state index < -0.39 is 16.0 Å². The first-order valence-electron chi connectivity index (χ1n) is 8.96. The number of carbonyl (C=O) groups excluding carboxylic acids is 1. The summed E-state index contributed by atoms with van der Waals surface area (Å²) in [5.41, 5.74) is 2.83. The average Bonchev–Trinajstić information content (AvgIpc) is 3.22. The molecule has 2 heterocycles. The third-order valence-corrected chi connectivity index (χ3v) is 5.77. The number of fused-ring (bicyclic) bond motifs is 2. The van der Waals surface area contributed by atoms with Crippen LogP contribution in [-0.4, -0.2) is 27.5 Å². The third kappa shape index (κ3) is 3.25. The Morgan fingerprint density at radius 2 is 2.04 bits per heavy atom. The number of ether oxygens (including phenoxy) is 1. The van der Waals surface area contributed by atoms with E-state index >= 15 is 0 Å². The summed E-state index contributed by atoms with van der Waals surface area (Å²) in [5, 5.41) is 5.97. The van der Waals surface area contributed by atoms with Crippen molar-refractivity contribution in [1.29, 1.82) is 0 Å². The number of rotatable bonds is 5. The molecule has 0 aliphatic carbocycles. The number of hydrogen-bond acceptors (Lipinski definition) is 6. The van der Waals surface area contributed by atoms with Gasteiger partial charge in [-0.1, -0.05) is 24.3 Å². The average molecular weight is 400 g/mol. The highest BCUT2D eigenvalue weighted by atomic mass is 32.2. The van der Waals surface area contributed by atoms with E-state index in [1.165, 1.54) is 6.07 Å². The molecule has 146 valence electrons. The van der Waals surface area contributed by atoms with E-state index in [1.54, 1.807) is 25.1 Å². The van der Waals surface area contributed by atoms with Crippen LogP contribution in [0.25, 0.3) is 11.0 Å². The van der Waals surface area contributed by atoms with Crippen LogP contribution in [0.2, 0.25) is 0 Å². The van der Waals surface area contributed by atoms with E-state index in [1.807, 2.05) is 23.1 Å². The fourth-order valence-electron chi connectivity index (χ4n) is 3.57. The van der Waals surface area contributed by atoms with Crippen LogP contribution in [0.4, 0.5) is 5.69 Å². The van der Waals surface area contributed by atoms with Crippen LogP contribution in [0.15, 0.2) is 51.8 Å². The predicted octanol–water partition coefficient (Wildman–Crippen LogP) is 2.82. The van der Waals surface area contributed by atoms with Crippen molar-refractivity contribution < 1.29 is 22.4 Å². The highest BCUT2D eigenvalue weighted by Crippen LogP contribution is 2.34. The Balaban J connectivity index is 1.75. The number of furan rings is 1. The van der Waals surface area contributed by atoms with Gasteiger partial charge in [0, 0.05) is 17.6 Å². The number of anilines is 1. The van der Waals surface area contributed by atoms with Crippen molar-refractivity contribution >= 4 is 32.6 Å². The number of para-hydroxylation sites is 1. The van der Waals surface area contributed by atoms with Gasteiger partial charge in [-0.25, -0.2) is 18.4 Å². The summed E-state index contributed by atoms with van der Waals surface area (Å²) >= 11 is 0. The Morgan fingerprint density at radius 3 is 2.79 bits per heavy atom. The molecule has 2 aromatic carbocycles. The molecule has 0 amide bonds. The zero-order valence-corrected chi connectivity index (χ0v) is 16.2. The van der Waals surface area contributed by atoms with Gasteiger partial charge in [-0.2, -0.15) is 0 Å². The molecule has 2 N–H and O–H groups in total. The molecule has 0 bridgehead atoms. The summed E-state index contributed by atoms with van der Waals surface area (Å²) < 4.78 is 34.6. The van der Waals surface area contributed by atoms with E-state index in [0.29, 0.717) is 35.4 Å². The second kappa shape index (κ2) is 6.96. The highest BCUT2D eigenvalue weighted by molar-refractivity contribution is 7.89. The molecule has 0 fully saturated rings. The maximum absolute atomic E-state index is 12.5. The lowest BCUT2D eigenvalue weighted by Gasteiger charge is -2.19. The van der Waals surface area contributed by atoms with Crippen molar-refractivity contribution in [3.63, 3.8) is 0 Å². The molecule has 0 unspecified atom stereocenters. The smallest absolute Gasteiger partial charge is 0.342 e. The summed E-state index contributed by atoms with van der Waals surface area (Å²) in [6.45, 7) is 3.03. The number of hydrogen-bond donors (Lipinski definition) is 1. The Morgan fingerprint density at radius 1 is 1.25 bits per heavy atom. The third-order valence-electron chi connectivity index (χ3n) is 4.86. The van der Waals surface area contributed by atoms with Gasteiger partial charge in [0.25, 0.3) is 0 Å². The minimum absolute atomic E-state index is 0.0633. The van der Waals surface area contributed by atoms with Gasteiger partial charge in [-0.3, -0.25) is 0 Å². The van der Waals surface area contributed by atoms with E-state index in [-0.39, 0.29) is 11.5 Å². The number of nitrogens with zero attached hydrogens (tertiary/aromatic N) is 1. The lowest BCUT2D eigenvalue weighted by atomic mass is 10.1. The van der Waals surface area contributed by atoms with E-state index in [0.717, 1.165) is 17.7 Å². The number of nitrogens with two attached hydrogens (primary N) is 1. The van der Waals surface area contributed by atoms with Crippen molar-refractivity contribution in [1.82, 2.24) is 0 Å². The molecule has 8 heteroatoms. The molecule has 1 aliphatic heterocycles. The fraction of sp³-hybridized carbons (Fsp3) is 0.250. The van der Waals surface area contributed by atoms with Crippen molar-refractivity contribution in [2.75, 3.05) is 18.1 Å². The van der Waals surface area contributed by atoms with Crippen LogP contribution in [-0.2, 0) is 27.7 Å². The van der Waals surface area contributed by atoms with Crippen molar-refractivity contribution in [2.45, 2.75) is 24.8 Å². The van der Waals surface area contributed by atoms with Crippen LogP contribution in [0.1, 0.15) is 28.6 Å². The molecular weight excluding hydrogens is 380 g/mol. The first-order valence-corrected chi connectivity index (χ1v) is 10.5. The van der Waals surface area contributed by atoms with Crippen molar-refractivity contribution in [2.24, 2.45) is 5.14 Å². The van der Waals surface area contributed by atoms with E-state index in [2.05, 4.69) is 0 Å². The van der Waals surface area contributed by atoms with Gasteiger partial charge < -0.3 is 14.1 Å². The quantitative estimate of drug-likeness (QED) is 0.661. The minimum atomic E-state index is -3.79. The molecule has 28 heavy (non-hydrogen) atoms. The Kier molecular flexibility index (Phi) is 4.60. The van der Waals surface area contributed by atoms with Gasteiger partial charge in [0.05, 0.1) is 18.0 Å². The lowest BCUT2D eigenvalue weighted by molar-refractivity contribution is 0.0526. The molecule has 0 spiro atoms. The van der Waals surface area contributed by atoms with Crippen LogP contribution < -0.4 is 10.0 Å². The second-order valence-electron chi connectivity index (χ2n) is 6.62. The Hall–Kier alpha value is -2.84.